The number of unbranched alkanes of at least 4 members (excludes halogenated alkanes) is 52. The molecule has 0 aromatic heterocycles. The molecule has 0 aliphatic heterocycles. The smallest absolute Gasteiger partial charge is 0.462 e. The third-order valence-corrected chi connectivity index (χ3v) is 20.7. The third kappa shape index (κ3) is 74.1. The Balaban J connectivity index is 5.23. The molecule has 0 bridgehead atoms. The van der Waals surface area contributed by atoms with Crippen LogP contribution in [0.3, 0.4) is 0 Å². The van der Waals surface area contributed by atoms with Gasteiger partial charge in [-0.2, -0.15) is 0 Å². The van der Waals surface area contributed by atoms with Crippen molar-refractivity contribution < 1.29 is 80.2 Å². The van der Waals surface area contributed by atoms with Gasteiger partial charge >= 0.3 is 39.5 Å². The van der Waals surface area contributed by atoms with Gasteiger partial charge in [0, 0.05) is 25.7 Å². The predicted molar refractivity (Wildman–Crippen MR) is 405 cm³/mol. The summed E-state index contributed by atoms with van der Waals surface area (Å²) in [5, 5.41) is 10.6. The maximum Gasteiger partial charge on any atom is 0.472 e. The van der Waals surface area contributed by atoms with E-state index in [2.05, 4.69) is 34.6 Å². The number of hydrogen-bond donors (Lipinski definition) is 3. The molecular formula is C80H156O17P2. The minimum atomic E-state index is -4.96. The standard InChI is InChI=1S/C80H156O17P2/c1-6-9-12-15-18-21-24-26-28-30-31-33-35-37-40-45-50-55-60-65-79(84)96-75(69-91-78(83)64-59-54-49-44-39-36-34-32-29-27-25-22-19-16-13-10-7-2)71-94-98(86,87)92-67-74(81)68-93-99(88,89)95-72-76(70-90-77(82)63-58-53-48-43-38-23-20-17-14-11-8-3)97-80(85)66-61-56-51-46-41-42-47-52-57-62-73(4)5/h73-76,81H,6-72H2,1-5H3,(H,86,87)(H,88,89)/t74-,75-,76-/m1/s1. The van der Waals surface area contributed by atoms with Crippen LogP contribution in [-0.2, 0) is 65.4 Å². The van der Waals surface area contributed by atoms with Crippen molar-refractivity contribution in [2.75, 3.05) is 39.6 Å². The maximum atomic E-state index is 13.1. The normalized spacial score (nSPS) is 13.9. The molecule has 0 radical (unpaired) electrons. The molecule has 0 amide bonds. The monoisotopic (exact) mass is 1450 g/mol. The Morgan fingerprint density at radius 3 is 0.687 bits per heavy atom. The lowest BCUT2D eigenvalue weighted by Crippen LogP contribution is -2.30. The number of rotatable bonds is 80. The molecule has 0 aromatic rings. The van der Waals surface area contributed by atoms with Gasteiger partial charge in [-0.1, -0.05) is 375 Å². The number of carbonyl (C=O) groups excluding carboxylic acids is 4. The molecule has 2 unspecified atom stereocenters. The highest BCUT2D eigenvalue weighted by atomic mass is 31.2. The minimum Gasteiger partial charge on any atom is -0.462 e. The number of phosphoric acid groups is 2. The summed E-state index contributed by atoms with van der Waals surface area (Å²) >= 11 is 0. The van der Waals surface area contributed by atoms with Gasteiger partial charge in [0.25, 0.3) is 0 Å². The number of aliphatic hydroxyl groups excluding tert-OH is 1. The summed E-state index contributed by atoms with van der Waals surface area (Å²) in [6, 6.07) is 0. The van der Waals surface area contributed by atoms with Crippen LogP contribution in [-0.4, -0.2) is 96.7 Å². The average Bonchev–Trinajstić information content (AvgIpc) is 1.09. The van der Waals surface area contributed by atoms with Gasteiger partial charge in [0.1, 0.15) is 19.3 Å². The molecule has 99 heavy (non-hydrogen) atoms. The zero-order valence-electron chi connectivity index (χ0n) is 64.6. The number of aliphatic hydroxyl groups is 1. The second-order valence-corrected chi connectivity index (χ2v) is 32.2. The second-order valence-electron chi connectivity index (χ2n) is 29.3. The second kappa shape index (κ2) is 73.0. The number of ether oxygens (including phenoxy) is 4. The molecule has 0 aromatic carbocycles. The minimum absolute atomic E-state index is 0.106. The lowest BCUT2D eigenvalue weighted by atomic mass is 10.0. The van der Waals surface area contributed by atoms with E-state index in [0.717, 1.165) is 95.8 Å². The van der Waals surface area contributed by atoms with Gasteiger partial charge in [-0.25, -0.2) is 9.13 Å². The Morgan fingerprint density at radius 2 is 0.465 bits per heavy atom. The van der Waals surface area contributed by atoms with Crippen LogP contribution in [0.15, 0.2) is 0 Å². The Kier molecular flexibility index (Phi) is 71.6. The van der Waals surface area contributed by atoms with Crippen molar-refractivity contribution in [2.45, 2.75) is 445 Å². The van der Waals surface area contributed by atoms with Gasteiger partial charge in [-0.05, 0) is 31.6 Å². The van der Waals surface area contributed by atoms with Crippen molar-refractivity contribution in [3.63, 3.8) is 0 Å². The summed E-state index contributed by atoms with van der Waals surface area (Å²) in [5.41, 5.74) is 0. The lowest BCUT2D eigenvalue weighted by Gasteiger charge is -2.21. The molecule has 0 spiro atoms. The van der Waals surface area contributed by atoms with Crippen LogP contribution in [0.2, 0.25) is 0 Å². The highest BCUT2D eigenvalue weighted by molar-refractivity contribution is 7.47. The summed E-state index contributed by atoms with van der Waals surface area (Å²) in [6.07, 6.45) is 63.8. The van der Waals surface area contributed by atoms with E-state index in [1.54, 1.807) is 0 Å². The highest BCUT2D eigenvalue weighted by Gasteiger charge is 2.30. The largest absolute Gasteiger partial charge is 0.472 e. The summed E-state index contributed by atoms with van der Waals surface area (Å²) in [4.78, 5) is 73.0. The molecular weight excluding hydrogens is 1290 g/mol. The van der Waals surface area contributed by atoms with Gasteiger partial charge in [-0.3, -0.25) is 37.3 Å². The first kappa shape index (κ1) is 97.1. The number of carbonyl (C=O) groups is 4. The molecule has 3 N–H and O–H groups in total. The van der Waals surface area contributed by atoms with E-state index in [9.17, 15) is 43.2 Å². The van der Waals surface area contributed by atoms with Gasteiger partial charge in [0.05, 0.1) is 26.4 Å². The molecule has 5 atom stereocenters. The summed E-state index contributed by atoms with van der Waals surface area (Å²) in [7, 11) is -9.92. The van der Waals surface area contributed by atoms with Crippen LogP contribution < -0.4 is 0 Å². The van der Waals surface area contributed by atoms with E-state index in [1.807, 2.05) is 0 Å². The van der Waals surface area contributed by atoms with E-state index in [-0.39, 0.29) is 25.7 Å². The van der Waals surface area contributed by atoms with E-state index in [4.69, 9.17) is 37.0 Å². The number of hydrogen-bond acceptors (Lipinski definition) is 15. The molecule has 17 nitrogen and oxygen atoms in total. The van der Waals surface area contributed by atoms with Crippen LogP contribution >= 0.6 is 15.6 Å². The van der Waals surface area contributed by atoms with E-state index < -0.39 is 97.5 Å². The van der Waals surface area contributed by atoms with Crippen molar-refractivity contribution in [1.29, 1.82) is 0 Å². The first-order chi connectivity index (χ1) is 48.0. The predicted octanol–water partition coefficient (Wildman–Crippen LogP) is 24.0. The van der Waals surface area contributed by atoms with Crippen LogP contribution in [0.4, 0.5) is 0 Å². The van der Waals surface area contributed by atoms with Crippen molar-refractivity contribution in [2.24, 2.45) is 5.92 Å². The van der Waals surface area contributed by atoms with Crippen molar-refractivity contribution >= 4 is 39.5 Å². The van der Waals surface area contributed by atoms with Gasteiger partial charge in [0.2, 0.25) is 0 Å². The SMILES string of the molecule is CCCCCCCCCCCCCCCCCCCCCC(=O)O[C@H](COC(=O)CCCCCCCCCCCCCCCCCCC)COP(=O)(O)OC[C@@H](O)COP(=O)(O)OC[C@@H](COC(=O)CCCCCCCCCCCCC)OC(=O)CCCCCCCCCCCC(C)C. The fraction of sp³-hybridized carbons (Fsp3) is 0.950. The van der Waals surface area contributed by atoms with Gasteiger partial charge < -0.3 is 33.8 Å². The summed E-state index contributed by atoms with van der Waals surface area (Å²) < 4.78 is 68.7. The Morgan fingerprint density at radius 1 is 0.273 bits per heavy atom. The van der Waals surface area contributed by atoms with Crippen LogP contribution in [0, 0.1) is 5.92 Å². The maximum absolute atomic E-state index is 13.1. The fourth-order valence-corrected chi connectivity index (χ4v) is 14.0. The lowest BCUT2D eigenvalue weighted by molar-refractivity contribution is -0.161. The molecule has 0 saturated carbocycles. The quantitative estimate of drug-likeness (QED) is 0.0222. The van der Waals surface area contributed by atoms with E-state index >= 15 is 0 Å². The van der Waals surface area contributed by atoms with Gasteiger partial charge in [-0.15, -0.1) is 0 Å². The van der Waals surface area contributed by atoms with Gasteiger partial charge in [0.15, 0.2) is 12.2 Å². The molecule has 0 saturated heterocycles. The van der Waals surface area contributed by atoms with Crippen molar-refractivity contribution in [3.05, 3.63) is 0 Å². The highest BCUT2D eigenvalue weighted by Crippen LogP contribution is 2.45. The van der Waals surface area contributed by atoms with E-state index in [1.165, 1.54) is 250 Å². The zero-order chi connectivity index (χ0) is 72.7. The molecule has 0 fully saturated rings. The summed E-state index contributed by atoms with van der Waals surface area (Å²) in [5.74, 6) is -1.37. The van der Waals surface area contributed by atoms with Crippen LogP contribution in [0.1, 0.15) is 426 Å². The van der Waals surface area contributed by atoms with Crippen molar-refractivity contribution in [1.82, 2.24) is 0 Å². The molecule has 0 heterocycles. The van der Waals surface area contributed by atoms with E-state index in [0.29, 0.717) is 25.7 Å². The molecule has 0 aliphatic rings. The fourth-order valence-electron chi connectivity index (χ4n) is 12.4. The Hall–Kier alpha value is -1.94. The Labute approximate surface area is 607 Å². The first-order valence-corrected chi connectivity index (χ1v) is 44.6. The Bertz CT molecular complexity index is 1890. The first-order valence-electron chi connectivity index (χ1n) is 41.6. The van der Waals surface area contributed by atoms with Crippen molar-refractivity contribution in [3.8, 4) is 0 Å². The topological polar surface area (TPSA) is 237 Å². The average molecular weight is 1450 g/mol. The number of phosphoric ester groups is 2. The number of esters is 4. The summed E-state index contributed by atoms with van der Waals surface area (Å²) in [6.45, 7) is 7.30. The van der Waals surface area contributed by atoms with Crippen LogP contribution in [0.25, 0.3) is 0 Å². The zero-order valence-corrected chi connectivity index (χ0v) is 66.4. The molecule has 19 heteroatoms. The molecule has 0 rings (SSSR count). The molecule has 588 valence electrons. The van der Waals surface area contributed by atoms with Crippen LogP contribution in [0.5, 0.6) is 0 Å². The molecule has 0 aliphatic carbocycles. The third-order valence-electron chi connectivity index (χ3n) is 18.8.